The van der Waals surface area contributed by atoms with Crippen LogP contribution in [-0.2, 0) is 5.41 Å². The Labute approximate surface area is 140 Å². The molecule has 0 heterocycles. The molecule has 0 saturated heterocycles. The van der Waals surface area contributed by atoms with Crippen LogP contribution < -0.4 is 5.32 Å². The van der Waals surface area contributed by atoms with Gasteiger partial charge in [0.2, 0.25) is 0 Å². The topological polar surface area (TPSA) is 12.0 Å². The number of benzene rings is 1. The van der Waals surface area contributed by atoms with Crippen molar-refractivity contribution in [2.75, 3.05) is 7.05 Å². The average Bonchev–Trinajstić information content (AvgIpc) is 2.50. The van der Waals surface area contributed by atoms with Gasteiger partial charge in [0.25, 0.3) is 0 Å². The Bertz CT molecular complexity index is 371. The zero-order valence-corrected chi connectivity index (χ0v) is 17.1. The zero-order chi connectivity index (χ0) is 18.0. The van der Waals surface area contributed by atoms with E-state index in [-0.39, 0.29) is 11.0 Å². The Hall–Kier alpha value is -0.820. The van der Waals surface area contributed by atoms with Crippen molar-refractivity contribution in [3.05, 3.63) is 35.4 Å². The Balaban J connectivity index is 0. The van der Waals surface area contributed by atoms with Crippen LogP contribution in [0, 0.1) is 0 Å². The van der Waals surface area contributed by atoms with Crippen LogP contribution >= 0.6 is 0 Å². The quantitative estimate of drug-likeness (QED) is 0.652. The molecule has 0 fully saturated rings. The van der Waals surface area contributed by atoms with Gasteiger partial charge in [0, 0.05) is 5.54 Å². The summed E-state index contributed by atoms with van der Waals surface area (Å²) in [4.78, 5) is 0. The van der Waals surface area contributed by atoms with Crippen molar-refractivity contribution >= 4 is 0 Å². The van der Waals surface area contributed by atoms with E-state index >= 15 is 0 Å². The second-order valence-corrected chi connectivity index (χ2v) is 6.97. The first-order valence-electron chi connectivity index (χ1n) is 8.97. The summed E-state index contributed by atoms with van der Waals surface area (Å²) in [6.45, 7) is 21.7. The molecule has 1 nitrogen and oxygen atoms in total. The van der Waals surface area contributed by atoms with Crippen LogP contribution in [0.2, 0.25) is 0 Å². The van der Waals surface area contributed by atoms with E-state index in [1.807, 2.05) is 34.7 Å². The summed E-state index contributed by atoms with van der Waals surface area (Å²) >= 11 is 0. The Morgan fingerprint density at radius 3 is 1.59 bits per heavy atom. The highest BCUT2D eigenvalue weighted by atomic mass is 14.9. The summed E-state index contributed by atoms with van der Waals surface area (Å²) in [6.07, 6.45) is 1.12. The van der Waals surface area contributed by atoms with Gasteiger partial charge in [0.15, 0.2) is 0 Å². The molecule has 1 N–H and O–H groups in total. The minimum Gasteiger partial charge on any atom is -0.315 e. The van der Waals surface area contributed by atoms with Crippen molar-refractivity contribution in [1.29, 1.82) is 0 Å². The minimum atomic E-state index is 0.167. The first kappa shape index (κ1) is 23.4. The van der Waals surface area contributed by atoms with Gasteiger partial charge in [-0.2, -0.15) is 0 Å². The van der Waals surface area contributed by atoms with Crippen molar-refractivity contribution in [3.63, 3.8) is 0 Å². The third-order valence-corrected chi connectivity index (χ3v) is 3.92. The molecule has 0 aliphatic heterocycles. The second kappa shape index (κ2) is 10.8. The van der Waals surface area contributed by atoms with E-state index in [9.17, 15) is 0 Å². The molecule has 1 rings (SSSR count). The number of nitrogens with one attached hydrogen (secondary N) is 1. The SMILES string of the molecule is CC.CC.CNC(C)(C)CC(C)(C)c1ccc(C(C)C)cc1. The molecule has 0 aliphatic rings. The lowest BCUT2D eigenvalue weighted by Gasteiger charge is -2.35. The third kappa shape index (κ3) is 7.98. The number of hydrogen-bond acceptors (Lipinski definition) is 1. The van der Waals surface area contributed by atoms with Gasteiger partial charge in [-0.1, -0.05) is 79.7 Å². The van der Waals surface area contributed by atoms with Crippen LogP contribution in [-0.4, -0.2) is 12.6 Å². The second-order valence-electron chi connectivity index (χ2n) is 6.97. The largest absolute Gasteiger partial charge is 0.315 e. The van der Waals surface area contributed by atoms with E-state index in [1.165, 1.54) is 11.1 Å². The lowest BCUT2D eigenvalue weighted by atomic mass is 9.75. The van der Waals surface area contributed by atoms with E-state index in [1.54, 1.807) is 0 Å². The average molecular weight is 308 g/mol. The molecule has 1 aromatic rings. The minimum absolute atomic E-state index is 0.167. The van der Waals surface area contributed by atoms with E-state index in [2.05, 4.69) is 71.1 Å². The molecule has 130 valence electrons. The summed E-state index contributed by atoms with van der Waals surface area (Å²) < 4.78 is 0. The van der Waals surface area contributed by atoms with Crippen LogP contribution in [0.3, 0.4) is 0 Å². The highest BCUT2D eigenvalue weighted by molar-refractivity contribution is 5.30. The normalized spacial score (nSPS) is 11.3. The van der Waals surface area contributed by atoms with Gasteiger partial charge in [-0.05, 0) is 49.8 Å². The molecule has 0 spiro atoms. The molecule has 0 radical (unpaired) electrons. The number of hydrogen-bond donors (Lipinski definition) is 1. The van der Waals surface area contributed by atoms with Crippen molar-refractivity contribution < 1.29 is 0 Å². The first-order valence-corrected chi connectivity index (χ1v) is 8.97. The Morgan fingerprint density at radius 1 is 0.864 bits per heavy atom. The van der Waals surface area contributed by atoms with Gasteiger partial charge >= 0.3 is 0 Å². The maximum absolute atomic E-state index is 3.40. The molecule has 22 heavy (non-hydrogen) atoms. The fourth-order valence-corrected chi connectivity index (χ4v) is 2.61. The molecule has 0 atom stereocenters. The summed E-state index contributed by atoms with van der Waals surface area (Å²) in [6, 6.07) is 9.13. The van der Waals surface area contributed by atoms with Crippen molar-refractivity contribution in [2.24, 2.45) is 0 Å². The smallest absolute Gasteiger partial charge is 0.0130 e. The highest BCUT2D eigenvalue weighted by Crippen LogP contribution is 2.32. The Morgan fingerprint density at radius 2 is 1.27 bits per heavy atom. The molecular formula is C21H41N. The summed E-state index contributed by atoms with van der Waals surface area (Å²) in [5.41, 5.74) is 3.21. The van der Waals surface area contributed by atoms with Crippen LogP contribution in [0.25, 0.3) is 0 Å². The summed E-state index contributed by atoms with van der Waals surface area (Å²) in [7, 11) is 2.04. The fourth-order valence-electron chi connectivity index (χ4n) is 2.61. The van der Waals surface area contributed by atoms with Gasteiger partial charge in [-0.15, -0.1) is 0 Å². The van der Waals surface area contributed by atoms with Gasteiger partial charge in [0.05, 0.1) is 0 Å². The maximum atomic E-state index is 3.40. The molecule has 0 saturated carbocycles. The fraction of sp³-hybridized carbons (Fsp3) is 0.714. The monoisotopic (exact) mass is 307 g/mol. The molecule has 0 amide bonds. The zero-order valence-electron chi connectivity index (χ0n) is 17.1. The van der Waals surface area contributed by atoms with E-state index in [0.29, 0.717) is 5.92 Å². The summed E-state index contributed by atoms with van der Waals surface area (Å²) in [5, 5.41) is 3.40. The molecule has 0 aliphatic carbocycles. The predicted molar refractivity (Wildman–Crippen MR) is 104 cm³/mol. The molecule has 0 bridgehead atoms. The highest BCUT2D eigenvalue weighted by Gasteiger charge is 2.28. The van der Waals surface area contributed by atoms with Crippen molar-refractivity contribution in [1.82, 2.24) is 5.32 Å². The molecular weight excluding hydrogens is 266 g/mol. The van der Waals surface area contributed by atoms with Gasteiger partial charge in [-0.3, -0.25) is 0 Å². The van der Waals surface area contributed by atoms with Crippen LogP contribution in [0.15, 0.2) is 24.3 Å². The summed E-state index contributed by atoms with van der Waals surface area (Å²) in [5.74, 6) is 0.607. The van der Waals surface area contributed by atoms with Crippen molar-refractivity contribution in [3.8, 4) is 0 Å². The van der Waals surface area contributed by atoms with E-state index in [4.69, 9.17) is 0 Å². The first-order chi connectivity index (χ1) is 10.2. The predicted octanol–water partition coefficient (Wildman–Crippen LogP) is 6.53. The standard InChI is InChI=1S/C17H29N.2C2H6/c1-13(2)14-8-10-15(11-9-14)16(3,4)12-17(5,6)18-7;2*1-2/h8-11,13,18H,12H2,1-7H3;2*1-2H3. The van der Waals surface area contributed by atoms with Gasteiger partial charge in [0.1, 0.15) is 0 Å². The van der Waals surface area contributed by atoms with Crippen LogP contribution in [0.5, 0.6) is 0 Å². The van der Waals surface area contributed by atoms with Gasteiger partial charge < -0.3 is 5.32 Å². The number of rotatable bonds is 5. The lowest BCUT2D eigenvalue weighted by molar-refractivity contribution is 0.305. The lowest BCUT2D eigenvalue weighted by Crippen LogP contribution is -2.41. The van der Waals surface area contributed by atoms with Gasteiger partial charge in [-0.25, -0.2) is 0 Å². The van der Waals surface area contributed by atoms with Crippen LogP contribution in [0.1, 0.15) is 92.7 Å². The molecule has 1 heteroatoms. The molecule has 1 aromatic carbocycles. The molecule has 0 unspecified atom stereocenters. The van der Waals surface area contributed by atoms with E-state index < -0.39 is 0 Å². The van der Waals surface area contributed by atoms with E-state index in [0.717, 1.165) is 6.42 Å². The third-order valence-electron chi connectivity index (χ3n) is 3.92. The maximum Gasteiger partial charge on any atom is 0.0130 e. The van der Waals surface area contributed by atoms with Crippen molar-refractivity contribution in [2.45, 2.75) is 92.5 Å². The Kier molecular flexibility index (Phi) is 11.5. The molecule has 0 aromatic heterocycles. The van der Waals surface area contributed by atoms with Crippen LogP contribution in [0.4, 0.5) is 0 Å².